The van der Waals surface area contributed by atoms with Crippen molar-refractivity contribution in [3.63, 3.8) is 0 Å². The number of morpholine rings is 1. The molecule has 1 aliphatic rings. The summed E-state index contributed by atoms with van der Waals surface area (Å²) in [6, 6.07) is 5.70. The molecule has 1 saturated heterocycles. The van der Waals surface area contributed by atoms with Crippen LogP contribution in [0.4, 0.5) is 0 Å². The molecular weight excluding hydrogens is 260 g/mol. The monoisotopic (exact) mass is 276 g/mol. The highest BCUT2D eigenvalue weighted by Gasteiger charge is 2.26. The summed E-state index contributed by atoms with van der Waals surface area (Å²) in [6.07, 6.45) is 0.194. The summed E-state index contributed by atoms with van der Waals surface area (Å²) in [5, 5.41) is 0. The lowest BCUT2D eigenvalue weighted by molar-refractivity contribution is -0.0586. The fourth-order valence-corrected chi connectivity index (χ4v) is 3.23. The van der Waals surface area contributed by atoms with Crippen LogP contribution in [-0.2, 0) is 4.74 Å². The number of hydrogen-bond acceptors (Lipinski definition) is 4. The summed E-state index contributed by atoms with van der Waals surface area (Å²) in [6.45, 7) is 5.32. The van der Waals surface area contributed by atoms with Gasteiger partial charge in [0.1, 0.15) is 0 Å². The van der Waals surface area contributed by atoms with Crippen molar-refractivity contribution in [2.75, 3.05) is 13.1 Å². The van der Waals surface area contributed by atoms with Crippen LogP contribution in [0.1, 0.15) is 24.2 Å². The number of amides is 1. The smallest absolute Gasteiger partial charge is 0.254 e. The molecule has 5 heteroatoms. The Morgan fingerprint density at radius 3 is 2.84 bits per heavy atom. The number of nitrogens with zero attached hydrogens (tertiary/aromatic N) is 2. The van der Waals surface area contributed by atoms with Crippen LogP contribution in [-0.4, -0.2) is 41.1 Å². The molecule has 0 radical (unpaired) electrons. The zero-order valence-corrected chi connectivity index (χ0v) is 11.8. The van der Waals surface area contributed by atoms with Crippen molar-refractivity contribution in [1.82, 2.24) is 9.88 Å². The average Bonchev–Trinajstić information content (AvgIpc) is 2.83. The van der Waals surface area contributed by atoms with Gasteiger partial charge in [-0.3, -0.25) is 4.79 Å². The summed E-state index contributed by atoms with van der Waals surface area (Å²) in [5.74, 6) is 0.0808. The van der Waals surface area contributed by atoms with Crippen molar-refractivity contribution in [3.05, 3.63) is 29.3 Å². The second-order valence-corrected chi connectivity index (χ2v) is 5.89. The molecule has 3 rings (SSSR count). The van der Waals surface area contributed by atoms with Gasteiger partial charge in [-0.05, 0) is 32.0 Å². The predicted molar refractivity (Wildman–Crippen MR) is 75.5 cm³/mol. The molecule has 100 valence electrons. The predicted octanol–water partition coefficient (Wildman–Crippen LogP) is 2.55. The lowest BCUT2D eigenvalue weighted by Gasteiger charge is -2.35. The van der Waals surface area contributed by atoms with Crippen molar-refractivity contribution in [1.29, 1.82) is 0 Å². The third-order valence-corrected chi connectivity index (χ3v) is 4.08. The van der Waals surface area contributed by atoms with Gasteiger partial charge in [0.15, 0.2) is 0 Å². The Kier molecular flexibility index (Phi) is 3.24. The highest BCUT2D eigenvalue weighted by molar-refractivity contribution is 7.16. The third-order valence-electron chi connectivity index (χ3n) is 3.29. The van der Waals surface area contributed by atoms with Crippen LogP contribution < -0.4 is 0 Å². The molecule has 4 nitrogen and oxygen atoms in total. The van der Waals surface area contributed by atoms with E-state index in [1.807, 2.05) is 36.9 Å². The molecule has 0 aliphatic carbocycles. The first-order valence-electron chi connectivity index (χ1n) is 6.41. The zero-order valence-electron chi connectivity index (χ0n) is 11.0. The standard InChI is InChI=1S/C14H16N2O2S/c1-9-6-16(7-10(2)18-9)14(17)11-3-4-12-13(5-11)19-8-15-12/h3-5,8-10H,6-7H2,1-2H3/t9-,10-/m0/s1. The second-order valence-electron chi connectivity index (χ2n) is 5.00. The average molecular weight is 276 g/mol. The van der Waals surface area contributed by atoms with E-state index >= 15 is 0 Å². The van der Waals surface area contributed by atoms with Gasteiger partial charge in [-0.15, -0.1) is 11.3 Å². The molecule has 1 amide bonds. The van der Waals surface area contributed by atoms with Crippen molar-refractivity contribution < 1.29 is 9.53 Å². The first-order chi connectivity index (χ1) is 9.13. The van der Waals surface area contributed by atoms with E-state index in [0.29, 0.717) is 13.1 Å². The molecule has 0 N–H and O–H groups in total. The number of aromatic nitrogens is 1. The molecule has 2 atom stereocenters. The lowest BCUT2D eigenvalue weighted by atomic mass is 10.1. The maximum atomic E-state index is 12.5. The number of ether oxygens (including phenoxy) is 1. The van der Waals surface area contributed by atoms with E-state index in [1.165, 1.54) is 0 Å². The normalized spacial score (nSPS) is 23.8. The Bertz CT molecular complexity index is 600. The first kappa shape index (κ1) is 12.6. The molecule has 2 heterocycles. The highest BCUT2D eigenvalue weighted by atomic mass is 32.1. The van der Waals surface area contributed by atoms with Crippen molar-refractivity contribution >= 4 is 27.5 Å². The van der Waals surface area contributed by atoms with Crippen LogP contribution in [0.5, 0.6) is 0 Å². The van der Waals surface area contributed by atoms with Crippen LogP contribution in [0.3, 0.4) is 0 Å². The van der Waals surface area contributed by atoms with Gasteiger partial charge in [0.25, 0.3) is 5.91 Å². The van der Waals surface area contributed by atoms with Crippen LogP contribution >= 0.6 is 11.3 Å². The molecule has 0 unspecified atom stereocenters. The minimum absolute atomic E-state index is 0.0808. The fraction of sp³-hybridized carbons (Fsp3) is 0.429. The van der Waals surface area contributed by atoms with Gasteiger partial charge in [0, 0.05) is 18.7 Å². The van der Waals surface area contributed by atoms with Crippen molar-refractivity contribution in [2.24, 2.45) is 0 Å². The van der Waals surface area contributed by atoms with Gasteiger partial charge >= 0.3 is 0 Å². The summed E-state index contributed by atoms with van der Waals surface area (Å²) in [7, 11) is 0. The SMILES string of the molecule is C[C@H]1CN(C(=O)c2ccc3ncsc3c2)C[C@H](C)O1. The molecule has 0 bridgehead atoms. The van der Waals surface area contributed by atoms with Gasteiger partial charge in [-0.25, -0.2) is 4.98 Å². The zero-order chi connectivity index (χ0) is 13.4. The van der Waals surface area contributed by atoms with E-state index in [4.69, 9.17) is 4.74 Å². The Balaban J connectivity index is 1.86. The number of benzene rings is 1. The largest absolute Gasteiger partial charge is 0.372 e. The van der Waals surface area contributed by atoms with E-state index in [0.717, 1.165) is 15.8 Å². The van der Waals surface area contributed by atoms with E-state index in [9.17, 15) is 4.79 Å². The molecule has 2 aromatic rings. The van der Waals surface area contributed by atoms with Gasteiger partial charge in [0.05, 0.1) is 27.9 Å². The minimum Gasteiger partial charge on any atom is -0.372 e. The van der Waals surface area contributed by atoms with E-state index < -0.39 is 0 Å². The maximum absolute atomic E-state index is 12.5. The van der Waals surface area contributed by atoms with E-state index in [2.05, 4.69) is 4.98 Å². The number of carbonyl (C=O) groups excluding carboxylic acids is 1. The number of hydrogen-bond donors (Lipinski definition) is 0. The molecule has 1 aromatic carbocycles. The summed E-state index contributed by atoms with van der Waals surface area (Å²) in [5.41, 5.74) is 3.49. The molecule has 19 heavy (non-hydrogen) atoms. The van der Waals surface area contributed by atoms with Gasteiger partial charge in [0.2, 0.25) is 0 Å². The quantitative estimate of drug-likeness (QED) is 0.804. The minimum atomic E-state index is 0.0808. The van der Waals surface area contributed by atoms with E-state index in [1.54, 1.807) is 16.8 Å². The molecular formula is C14H16N2O2S. The second kappa shape index (κ2) is 4.90. The third kappa shape index (κ3) is 2.48. The number of fused-ring (bicyclic) bond motifs is 1. The van der Waals surface area contributed by atoms with Crippen molar-refractivity contribution in [3.8, 4) is 0 Å². The van der Waals surface area contributed by atoms with Crippen molar-refractivity contribution in [2.45, 2.75) is 26.1 Å². The summed E-state index contributed by atoms with van der Waals surface area (Å²) in [4.78, 5) is 18.6. The number of rotatable bonds is 1. The summed E-state index contributed by atoms with van der Waals surface area (Å²) >= 11 is 1.56. The van der Waals surface area contributed by atoms with Crippen LogP contribution in [0.2, 0.25) is 0 Å². The Morgan fingerprint density at radius 1 is 1.37 bits per heavy atom. The van der Waals surface area contributed by atoms with Gasteiger partial charge < -0.3 is 9.64 Å². The van der Waals surface area contributed by atoms with Crippen LogP contribution in [0.15, 0.2) is 23.7 Å². The first-order valence-corrected chi connectivity index (χ1v) is 7.29. The van der Waals surface area contributed by atoms with Crippen LogP contribution in [0, 0.1) is 0 Å². The molecule has 1 fully saturated rings. The highest BCUT2D eigenvalue weighted by Crippen LogP contribution is 2.21. The molecule has 1 aliphatic heterocycles. The Hall–Kier alpha value is -1.46. The Labute approximate surface area is 116 Å². The van der Waals surface area contributed by atoms with E-state index in [-0.39, 0.29) is 18.1 Å². The van der Waals surface area contributed by atoms with Crippen LogP contribution in [0.25, 0.3) is 10.2 Å². The topological polar surface area (TPSA) is 42.4 Å². The number of carbonyl (C=O) groups is 1. The Morgan fingerprint density at radius 2 is 2.11 bits per heavy atom. The maximum Gasteiger partial charge on any atom is 0.254 e. The van der Waals surface area contributed by atoms with Gasteiger partial charge in [-0.1, -0.05) is 0 Å². The number of thiazole rings is 1. The molecule has 0 saturated carbocycles. The summed E-state index contributed by atoms with van der Waals surface area (Å²) < 4.78 is 6.71. The fourth-order valence-electron chi connectivity index (χ4n) is 2.51. The molecule has 1 aromatic heterocycles. The lowest BCUT2D eigenvalue weighted by Crippen LogP contribution is -2.48. The van der Waals surface area contributed by atoms with Gasteiger partial charge in [-0.2, -0.15) is 0 Å². The molecule has 0 spiro atoms.